The number of rotatable bonds is 2. The van der Waals surface area contributed by atoms with Gasteiger partial charge in [-0.3, -0.25) is 4.79 Å². The molecule has 0 aliphatic carbocycles. The number of nitrogens with zero attached hydrogens (tertiary/aromatic N) is 1. The maximum absolute atomic E-state index is 12.2. The number of benzene rings is 1. The molecule has 19 heavy (non-hydrogen) atoms. The highest BCUT2D eigenvalue weighted by atomic mass is 79.9. The van der Waals surface area contributed by atoms with E-state index in [0.29, 0.717) is 11.4 Å². The van der Waals surface area contributed by atoms with E-state index in [1.54, 1.807) is 12.3 Å². The van der Waals surface area contributed by atoms with Crippen LogP contribution in [-0.4, -0.2) is 10.9 Å². The maximum atomic E-state index is 12.2. The third kappa shape index (κ3) is 3.20. The number of aromatic nitrogens is 1. The zero-order valence-corrected chi connectivity index (χ0v) is 12.7. The molecule has 0 atom stereocenters. The Hall–Kier alpha value is -1.68. The Morgan fingerprint density at radius 3 is 2.47 bits per heavy atom. The molecular weight excluding hydrogens is 304 g/mol. The SMILES string of the molecule is Cc1cc(C)c(C(=O)Nc2cc(Br)ccn2)cc1C. The van der Waals surface area contributed by atoms with Crippen molar-refractivity contribution in [2.45, 2.75) is 20.8 Å². The molecule has 2 rings (SSSR count). The fraction of sp³-hybridized carbons (Fsp3) is 0.200. The molecule has 0 bridgehead atoms. The van der Waals surface area contributed by atoms with Gasteiger partial charge in [-0.15, -0.1) is 0 Å². The molecule has 0 radical (unpaired) electrons. The van der Waals surface area contributed by atoms with E-state index in [0.717, 1.165) is 15.6 Å². The third-order valence-corrected chi connectivity index (χ3v) is 3.54. The van der Waals surface area contributed by atoms with Crippen LogP contribution in [0.3, 0.4) is 0 Å². The lowest BCUT2D eigenvalue weighted by atomic mass is 10.0. The van der Waals surface area contributed by atoms with Crippen LogP contribution in [-0.2, 0) is 0 Å². The molecule has 1 N–H and O–H groups in total. The molecule has 1 heterocycles. The van der Waals surface area contributed by atoms with Gasteiger partial charge in [-0.25, -0.2) is 4.98 Å². The van der Waals surface area contributed by atoms with Crippen molar-refractivity contribution in [1.82, 2.24) is 4.98 Å². The first kappa shape index (κ1) is 13.7. The van der Waals surface area contributed by atoms with Gasteiger partial charge in [0.25, 0.3) is 5.91 Å². The minimum atomic E-state index is -0.133. The molecule has 0 aliphatic heterocycles. The second-order valence-corrected chi connectivity index (χ2v) is 5.48. The summed E-state index contributed by atoms with van der Waals surface area (Å²) in [5.41, 5.74) is 3.95. The van der Waals surface area contributed by atoms with Gasteiger partial charge in [-0.2, -0.15) is 0 Å². The van der Waals surface area contributed by atoms with Crippen LogP contribution in [0.1, 0.15) is 27.0 Å². The van der Waals surface area contributed by atoms with E-state index in [2.05, 4.69) is 26.2 Å². The van der Waals surface area contributed by atoms with Crippen LogP contribution in [0.2, 0.25) is 0 Å². The first-order valence-electron chi connectivity index (χ1n) is 5.98. The lowest BCUT2D eigenvalue weighted by Gasteiger charge is -2.10. The lowest BCUT2D eigenvalue weighted by Crippen LogP contribution is -2.14. The molecule has 0 spiro atoms. The summed E-state index contributed by atoms with van der Waals surface area (Å²) in [7, 11) is 0. The number of pyridine rings is 1. The Labute approximate surface area is 121 Å². The second kappa shape index (κ2) is 5.53. The number of anilines is 1. The highest BCUT2D eigenvalue weighted by Crippen LogP contribution is 2.18. The average molecular weight is 319 g/mol. The van der Waals surface area contributed by atoms with Gasteiger partial charge in [0, 0.05) is 16.2 Å². The van der Waals surface area contributed by atoms with Gasteiger partial charge in [-0.1, -0.05) is 22.0 Å². The first-order chi connectivity index (χ1) is 8.97. The van der Waals surface area contributed by atoms with E-state index < -0.39 is 0 Å². The molecule has 0 unspecified atom stereocenters. The van der Waals surface area contributed by atoms with Gasteiger partial charge in [0.05, 0.1) is 0 Å². The highest BCUT2D eigenvalue weighted by Gasteiger charge is 2.11. The summed E-state index contributed by atoms with van der Waals surface area (Å²) < 4.78 is 0.884. The summed E-state index contributed by atoms with van der Waals surface area (Å²) in [5.74, 6) is 0.406. The van der Waals surface area contributed by atoms with Crippen molar-refractivity contribution in [3.05, 3.63) is 57.2 Å². The zero-order chi connectivity index (χ0) is 14.0. The van der Waals surface area contributed by atoms with Crippen LogP contribution in [0, 0.1) is 20.8 Å². The van der Waals surface area contributed by atoms with Gasteiger partial charge in [0.1, 0.15) is 5.82 Å². The molecule has 4 heteroatoms. The predicted octanol–water partition coefficient (Wildman–Crippen LogP) is 4.02. The zero-order valence-electron chi connectivity index (χ0n) is 11.1. The molecule has 98 valence electrons. The normalized spacial score (nSPS) is 10.3. The van der Waals surface area contributed by atoms with Crippen molar-refractivity contribution >= 4 is 27.7 Å². The van der Waals surface area contributed by atoms with Crippen LogP contribution in [0.4, 0.5) is 5.82 Å². The smallest absolute Gasteiger partial charge is 0.257 e. The van der Waals surface area contributed by atoms with Crippen molar-refractivity contribution in [3.8, 4) is 0 Å². The molecule has 1 aromatic carbocycles. The van der Waals surface area contributed by atoms with Crippen LogP contribution >= 0.6 is 15.9 Å². The fourth-order valence-corrected chi connectivity index (χ4v) is 2.20. The molecule has 3 nitrogen and oxygen atoms in total. The number of carbonyl (C=O) groups excluding carboxylic acids is 1. The van der Waals surface area contributed by atoms with E-state index in [-0.39, 0.29) is 5.91 Å². The number of aryl methyl sites for hydroxylation is 3. The average Bonchev–Trinajstić information content (AvgIpc) is 2.33. The number of hydrogen-bond acceptors (Lipinski definition) is 2. The summed E-state index contributed by atoms with van der Waals surface area (Å²) in [6, 6.07) is 7.53. The summed E-state index contributed by atoms with van der Waals surface area (Å²) in [6.45, 7) is 5.98. The Morgan fingerprint density at radius 1 is 1.11 bits per heavy atom. The van der Waals surface area contributed by atoms with E-state index in [1.165, 1.54) is 5.56 Å². The fourth-order valence-electron chi connectivity index (χ4n) is 1.86. The minimum Gasteiger partial charge on any atom is -0.307 e. The summed E-state index contributed by atoms with van der Waals surface area (Å²) in [4.78, 5) is 16.4. The standard InChI is InChI=1S/C15H15BrN2O/c1-9-6-11(3)13(7-10(9)2)15(19)18-14-8-12(16)4-5-17-14/h4-8H,1-3H3,(H,17,18,19). The van der Waals surface area contributed by atoms with Crippen LogP contribution in [0.25, 0.3) is 0 Å². The monoisotopic (exact) mass is 318 g/mol. The molecule has 0 saturated heterocycles. The van der Waals surface area contributed by atoms with Crippen molar-refractivity contribution in [3.63, 3.8) is 0 Å². The topological polar surface area (TPSA) is 42.0 Å². The number of amides is 1. The summed E-state index contributed by atoms with van der Waals surface area (Å²) >= 11 is 3.35. The molecule has 1 aromatic heterocycles. The van der Waals surface area contributed by atoms with Gasteiger partial charge >= 0.3 is 0 Å². The van der Waals surface area contributed by atoms with Gasteiger partial charge in [0.15, 0.2) is 0 Å². The Balaban J connectivity index is 2.28. The van der Waals surface area contributed by atoms with Crippen molar-refractivity contribution in [2.24, 2.45) is 0 Å². The van der Waals surface area contributed by atoms with Gasteiger partial charge in [-0.05, 0) is 55.7 Å². The largest absolute Gasteiger partial charge is 0.307 e. The number of hydrogen-bond donors (Lipinski definition) is 1. The molecular formula is C15H15BrN2O. The Kier molecular flexibility index (Phi) is 4.00. The third-order valence-electron chi connectivity index (χ3n) is 3.05. The second-order valence-electron chi connectivity index (χ2n) is 4.56. The Morgan fingerprint density at radius 2 is 1.79 bits per heavy atom. The predicted molar refractivity (Wildman–Crippen MR) is 80.5 cm³/mol. The molecule has 0 saturated carbocycles. The van der Waals surface area contributed by atoms with E-state index >= 15 is 0 Å². The molecule has 1 amide bonds. The van der Waals surface area contributed by atoms with Gasteiger partial charge < -0.3 is 5.32 Å². The summed E-state index contributed by atoms with van der Waals surface area (Å²) in [5, 5.41) is 2.81. The van der Waals surface area contributed by atoms with Crippen LogP contribution in [0.15, 0.2) is 34.9 Å². The van der Waals surface area contributed by atoms with Crippen molar-refractivity contribution < 1.29 is 4.79 Å². The Bertz CT molecular complexity index is 638. The number of nitrogens with one attached hydrogen (secondary N) is 1. The van der Waals surface area contributed by atoms with E-state index in [1.807, 2.05) is 39.0 Å². The van der Waals surface area contributed by atoms with Crippen LogP contribution < -0.4 is 5.32 Å². The van der Waals surface area contributed by atoms with Crippen molar-refractivity contribution in [2.75, 3.05) is 5.32 Å². The van der Waals surface area contributed by atoms with Crippen LogP contribution in [0.5, 0.6) is 0 Å². The maximum Gasteiger partial charge on any atom is 0.257 e. The molecule has 0 aliphatic rings. The van der Waals surface area contributed by atoms with Crippen molar-refractivity contribution in [1.29, 1.82) is 0 Å². The lowest BCUT2D eigenvalue weighted by molar-refractivity contribution is 0.102. The summed E-state index contributed by atoms with van der Waals surface area (Å²) in [6.07, 6.45) is 1.65. The minimum absolute atomic E-state index is 0.133. The van der Waals surface area contributed by atoms with Gasteiger partial charge in [0.2, 0.25) is 0 Å². The molecule has 0 fully saturated rings. The quantitative estimate of drug-likeness (QED) is 0.908. The number of halogens is 1. The highest BCUT2D eigenvalue weighted by molar-refractivity contribution is 9.10. The number of carbonyl (C=O) groups is 1. The van der Waals surface area contributed by atoms with E-state index in [9.17, 15) is 4.79 Å². The molecule has 2 aromatic rings. The van der Waals surface area contributed by atoms with E-state index in [4.69, 9.17) is 0 Å². The first-order valence-corrected chi connectivity index (χ1v) is 6.77.